The average molecular weight is 362 g/mol. The van der Waals surface area contributed by atoms with Gasteiger partial charge in [0.25, 0.3) is 0 Å². The molecule has 0 amide bonds. The van der Waals surface area contributed by atoms with Crippen molar-refractivity contribution in [2.45, 2.75) is 11.5 Å². The second kappa shape index (κ2) is 8.50. The van der Waals surface area contributed by atoms with E-state index < -0.39 is 5.97 Å². The molecule has 3 nitrogen and oxygen atoms in total. The largest absolute Gasteiger partial charge is 0.457 e. The number of hydrogen-bond acceptors (Lipinski definition) is 4. The molecule has 3 rings (SSSR count). The van der Waals surface area contributed by atoms with Crippen molar-refractivity contribution in [3.63, 3.8) is 0 Å². The Morgan fingerprint density at radius 3 is 2.08 bits per heavy atom. The fourth-order valence-corrected chi connectivity index (χ4v) is 2.96. The molecule has 3 aromatic rings. The van der Waals surface area contributed by atoms with Gasteiger partial charge in [0.05, 0.1) is 5.56 Å². The molecule has 3 aromatic carbocycles. The number of hydrogen-bond donors (Lipinski definition) is 0. The number of thioether (sulfide) groups is 1. The normalized spacial score (nSPS) is 10.3. The zero-order chi connectivity index (χ0) is 18.4. The van der Waals surface area contributed by atoms with E-state index >= 15 is 0 Å². The average Bonchev–Trinajstić information content (AvgIpc) is 2.72. The quantitative estimate of drug-likeness (QED) is 0.352. The van der Waals surface area contributed by atoms with E-state index in [0.29, 0.717) is 11.1 Å². The minimum Gasteiger partial charge on any atom is -0.457 e. The Morgan fingerprint density at radius 2 is 1.42 bits per heavy atom. The Bertz CT molecular complexity index is 902. The molecule has 0 aliphatic heterocycles. The van der Waals surface area contributed by atoms with Crippen molar-refractivity contribution in [3.05, 3.63) is 101 Å². The standard InChI is InChI=1S/C22H18O3S/c1-26-18-13-11-16(12-14-18)15-25-22(24)20-10-6-5-9-19(20)21(23)17-7-3-2-4-8-17/h2-14H,15H2,1H3. The minimum atomic E-state index is -0.501. The fourth-order valence-electron chi connectivity index (χ4n) is 2.55. The summed E-state index contributed by atoms with van der Waals surface area (Å²) in [5, 5.41) is 0. The molecule has 0 unspecified atom stereocenters. The number of ether oxygens (including phenoxy) is 1. The lowest BCUT2D eigenvalue weighted by molar-refractivity contribution is 0.0470. The molecule has 0 N–H and O–H groups in total. The number of benzene rings is 3. The first kappa shape index (κ1) is 18.0. The van der Waals surface area contributed by atoms with Crippen molar-refractivity contribution >= 4 is 23.5 Å². The van der Waals surface area contributed by atoms with Crippen molar-refractivity contribution in [1.82, 2.24) is 0 Å². The van der Waals surface area contributed by atoms with Crippen LogP contribution in [0.4, 0.5) is 0 Å². The maximum atomic E-state index is 12.7. The second-order valence-electron chi connectivity index (χ2n) is 5.66. The Balaban J connectivity index is 1.76. The van der Waals surface area contributed by atoms with Gasteiger partial charge in [-0.15, -0.1) is 11.8 Å². The molecule has 0 fully saturated rings. The summed E-state index contributed by atoms with van der Waals surface area (Å²) in [6, 6.07) is 23.5. The molecule has 0 radical (unpaired) electrons. The molecular formula is C22H18O3S. The zero-order valence-electron chi connectivity index (χ0n) is 14.3. The van der Waals surface area contributed by atoms with Crippen LogP contribution in [-0.2, 0) is 11.3 Å². The molecule has 4 heteroatoms. The zero-order valence-corrected chi connectivity index (χ0v) is 15.2. The highest BCUT2D eigenvalue weighted by molar-refractivity contribution is 7.98. The van der Waals surface area contributed by atoms with Gasteiger partial charge in [0.1, 0.15) is 6.61 Å². The first-order chi connectivity index (χ1) is 12.7. The van der Waals surface area contributed by atoms with E-state index in [-0.39, 0.29) is 18.0 Å². The lowest BCUT2D eigenvalue weighted by atomic mass is 9.98. The van der Waals surface area contributed by atoms with Gasteiger partial charge in [0.15, 0.2) is 5.78 Å². The monoisotopic (exact) mass is 362 g/mol. The van der Waals surface area contributed by atoms with Gasteiger partial charge >= 0.3 is 5.97 Å². The van der Waals surface area contributed by atoms with Crippen molar-refractivity contribution < 1.29 is 14.3 Å². The Kier molecular flexibility index (Phi) is 5.87. The van der Waals surface area contributed by atoms with E-state index in [1.165, 1.54) is 0 Å². The number of carbonyl (C=O) groups is 2. The molecule has 130 valence electrons. The molecule has 0 bridgehead atoms. The van der Waals surface area contributed by atoms with Crippen LogP contribution in [-0.4, -0.2) is 18.0 Å². The molecule has 0 aliphatic rings. The SMILES string of the molecule is CSc1ccc(COC(=O)c2ccccc2C(=O)c2ccccc2)cc1. The number of esters is 1. The van der Waals surface area contributed by atoms with Crippen molar-refractivity contribution in [2.75, 3.05) is 6.26 Å². The van der Waals surface area contributed by atoms with E-state index in [9.17, 15) is 9.59 Å². The summed E-state index contributed by atoms with van der Waals surface area (Å²) in [7, 11) is 0. The van der Waals surface area contributed by atoms with E-state index in [2.05, 4.69) is 0 Å². The van der Waals surface area contributed by atoms with Crippen molar-refractivity contribution in [1.29, 1.82) is 0 Å². The molecule has 0 aromatic heterocycles. The smallest absolute Gasteiger partial charge is 0.339 e. The summed E-state index contributed by atoms with van der Waals surface area (Å²) in [5.74, 6) is -0.693. The maximum Gasteiger partial charge on any atom is 0.339 e. The Morgan fingerprint density at radius 1 is 0.808 bits per heavy atom. The van der Waals surface area contributed by atoms with Crippen LogP contribution in [0.15, 0.2) is 83.8 Å². The highest BCUT2D eigenvalue weighted by Gasteiger charge is 2.18. The molecule has 0 spiro atoms. The highest BCUT2D eigenvalue weighted by atomic mass is 32.2. The van der Waals surface area contributed by atoms with Gasteiger partial charge in [0, 0.05) is 16.0 Å². The predicted octanol–water partition coefficient (Wildman–Crippen LogP) is 5.00. The van der Waals surface area contributed by atoms with Gasteiger partial charge in [-0.1, -0.05) is 60.7 Å². The highest BCUT2D eigenvalue weighted by Crippen LogP contribution is 2.18. The van der Waals surface area contributed by atoms with Gasteiger partial charge in [-0.2, -0.15) is 0 Å². The minimum absolute atomic E-state index is 0.168. The number of ketones is 1. The van der Waals surface area contributed by atoms with Gasteiger partial charge in [-0.3, -0.25) is 4.79 Å². The van der Waals surface area contributed by atoms with Gasteiger partial charge in [-0.05, 0) is 30.0 Å². The molecule has 0 aliphatic carbocycles. The van der Waals surface area contributed by atoms with Crippen LogP contribution in [0, 0.1) is 0 Å². The van der Waals surface area contributed by atoms with Gasteiger partial charge in [-0.25, -0.2) is 4.79 Å². The first-order valence-electron chi connectivity index (χ1n) is 8.18. The summed E-state index contributed by atoms with van der Waals surface area (Å²) in [5.41, 5.74) is 2.08. The summed E-state index contributed by atoms with van der Waals surface area (Å²) in [4.78, 5) is 26.4. The second-order valence-corrected chi connectivity index (χ2v) is 6.54. The molecular weight excluding hydrogens is 344 g/mol. The molecule has 0 saturated carbocycles. The molecule has 0 atom stereocenters. The Labute approximate surface area is 157 Å². The summed E-state index contributed by atoms with van der Waals surface area (Å²) >= 11 is 1.66. The van der Waals surface area contributed by atoms with Crippen LogP contribution in [0.5, 0.6) is 0 Å². The van der Waals surface area contributed by atoms with Crippen LogP contribution < -0.4 is 0 Å². The third-order valence-corrected chi connectivity index (χ3v) is 4.70. The van der Waals surface area contributed by atoms with Crippen LogP contribution in [0.1, 0.15) is 31.8 Å². The van der Waals surface area contributed by atoms with E-state index in [1.807, 2.05) is 36.6 Å². The van der Waals surface area contributed by atoms with Crippen LogP contribution in [0.2, 0.25) is 0 Å². The first-order valence-corrected chi connectivity index (χ1v) is 9.40. The van der Waals surface area contributed by atoms with Crippen molar-refractivity contribution in [2.24, 2.45) is 0 Å². The third kappa shape index (κ3) is 4.21. The van der Waals surface area contributed by atoms with E-state index in [0.717, 1.165) is 10.5 Å². The lowest BCUT2D eigenvalue weighted by Crippen LogP contribution is -2.12. The van der Waals surface area contributed by atoms with E-state index in [1.54, 1.807) is 60.3 Å². The van der Waals surface area contributed by atoms with Crippen LogP contribution in [0.25, 0.3) is 0 Å². The summed E-state index contributed by atoms with van der Waals surface area (Å²) in [6.07, 6.45) is 2.01. The van der Waals surface area contributed by atoms with Crippen LogP contribution in [0.3, 0.4) is 0 Å². The summed E-state index contributed by atoms with van der Waals surface area (Å²) < 4.78 is 5.42. The predicted molar refractivity (Wildman–Crippen MR) is 104 cm³/mol. The lowest BCUT2D eigenvalue weighted by Gasteiger charge is -2.09. The molecule has 0 heterocycles. The maximum absolute atomic E-state index is 12.7. The summed E-state index contributed by atoms with van der Waals surface area (Å²) in [6.45, 7) is 0.168. The number of rotatable bonds is 6. The Hall–Kier alpha value is -2.85. The number of carbonyl (C=O) groups excluding carboxylic acids is 2. The van der Waals surface area contributed by atoms with Crippen molar-refractivity contribution in [3.8, 4) is 0 Å². The van der Waals surface area contributed by atoms with Gasteiger partial charge in [0.2, 0.25) is 0 Å². The molecule has 26 heavy (non-hydrogen) atoms. The van der Waals surface area contributed by atoms with Crippen LogP contribution >= 0.6 is 11.8 Å². The third-order valence-electron chi connectivity index (χ3n) is 3.96. The topological polar surface area (TPSA) is 43.4 Å². The molecule has 0 saturated heterocycles. The fraction of sp³-hybridized carbons (Fsp3) is 0.0909. The van der Waals surface area contributed by atoms with Gasteiger partial charge < -0.3 is 4.74 Å². The van der Waals surface area contributed by atoms with E-state index in [4.69, 9.17) is 4.74 Å².